The molecule has 8 heteroatoms. The lowest BCUT2D eigenvalue weighted by Gasteiger charge is -2.05. The standard InChI is InChI=1S/C10H15N3O3S2/c11-8-7-13-3-1-9(8)17-4-6-18(15,16)5-2-10(12)14/h1,3,7H,2,4-6,11H2,(H2,12,14). The lowest BCUT2D eigenvalue weighted by Crippen LogP contribution is -2.19. The van der Waals surface area contributed by atoms with Gasteiger partial charge in [-0.05, 0) is 6.07 Å². The van der Waals surface area contributed by atoms with E-state index in [-0.39, 0.29) is 17.9 Å². The maximum Gasteiger partial charge on any atom is 0.218 e. The SMILES string of the molecule is NC(=O)CCS(=O)(=O)CCSc1ccncc1N. The molecule has 100 valence electrons. The first kappa shape index (κ1) is 14.8. The van der Waals surface area contributed by atoms with Gasteiger partial charge in [-0.2, -0.15) is 0 Å². The molecule has 6 nitrogen and oxygen atoms in total. The van der Waals surface area contributed by atoms with Crippen molar-refractivity contribution < 1.29 is 13.2 Å². The molecule has 1 heterocycles. The van der Waals surface area contributed by atoms with Gasteiger partial charge in [0.25, 0.3) is 0 Å². The molecule has 1 aromatic rings. The summed E-state index contributed by atoms with van der Waals surface area (Å²) in [6.45, 7) is 0. The van der Waals surface area contributed by atoms with Gasteiger partial charge in [-0.25, -0.2) is 8.42 Å². The van der Waals surface area contributed by atoms with Crippen molar-refractivity contribution in [3.63, 3.8) is 0 Å². The molecule has 0 saturated carbocycles. The Hall–Kier alpha value is -1.28. The Bertz CT molecular complexity index is 517. The van der Waals surface area contributed by atoms with E-state index in [4.69, 9.17) is 11.5 Å². The summed E-state index contributed by atoms with van der Waals surface area (Å²) < 4.78 is 23.1. The monoisotopic (exact) mass is 289 g/mol. The van der Waals surface area contributed by atoms with Crippen molar-refractivity contribution in [1.82, 2.24) is 4.98 Å². The molecule has 0 atom stereocenters. The highest BCUT2D eigenvalue weighted by atomic mass is 32.2. The molecule has 0 aliphatic heterocycles. The quantitative estimate of drug-likeness (QED) is 0.685. The third-order valence-corrected chi connectivity index (χ3v) is 5.12. The van der Waals surface area contributed by atoms with Gasteiger partial charge in [0.2, 0.25) is 5.91 Å². The lowest BCUT2D eigenvalue weighted by molar-refractivity contribution is -0.117. The van der Waals surface area contributed by atoms with E-state index in [2.05, 4.69) is 4.98 Å². The summed E-state index contributed by atoms with van der Waals surface area (Å²) in [4.78, 5) is 15.2. The number of carbonyl (C=O) groups excluding carboxylic acids is 1. The van der Waals surface area contributed by atoms with Crippen molar-refractivity contribution in [2.45, 2.75) is 11.3 Å². The molecular formula is C10H15N3O3S2. The van der Waals surface area contributed by atoms with Gasteiger partial charge < -0.3 is 11.5 Å². The minimum absolute atomic E-state index is 0.00723. The average Bonchev–Trinajstić information content (AvgIpc) is 2.29. The number of anilines is 1. The molecule has 0 saturated heterocycles. The molecule has 0 aliphatic rings. The van der Waals surface area contributed by atoms with Gasteiger partial charge in [-0.15, -0.1) is 11.8 Å². The maximum absolute atomic E-state index is 11.5. The molecule has 0 radical (unpaired) electrons. The number of hydrogen-bond acceptors (Lipinski definition) is 6. The first-order valence-corrected chi connectivity index (χ1v) is 8.02. The maximum atomic E-state index is 11.5. The number of pyridine rings is 1. The second-order valence-corrected chi connectivity index (χ2v) is 7.07. The van der Waals surface area contributed by atoms with Crippen LogP contribution in [0, 0.1) is 0 Å². The van der Waals surface area contributed by atoms with E-state index in [1.54, 1.807) is 12.3 Å². The van der Waals surface area contributed by atoms with Crippen molar-refractivity contribution in [1.29, 1.82) is 0 Å². The van der Waals surface area contributed by atoms with E-state index in [1.807, 2.05) is 0 Å². The third kappa shape index (κ3) is 5.37. The number of carbonyl (C=O) groups is 1. The van der Waals surface area contributed by atoms with Crippen molar-refractivity contribution in [2.75, 3.05) is 23.0 Å². The van der Waals surface area contributed by atoms with Gasteiger partial charge in [0.05, 0.1) is 23.4 Å². The second-order valence-electron chi connectivity index (χ2n) is 3.63. The summed E-state index contributed by atoms with van der Waals surface area (Å²) in [5.41, 5.74) is 11.1. The minimum atomic E-state index is -3.24. The summed E-state index contributed by atoms with van der Waals surface area (Å²) in [6, 6.07) is 1.73. The fraction of sp³-hybridized carbons (Fsp3) is 0.400. The van der Waals surface area contributed by atoms with E-state index in [9.17, 15) is 13.2 Å². The van der Waals surface area contributed by atoms with Crippen LogP contribution in [0.5, 0.6) is 0 Å². The van der Waals surface area contributed by atoms with Crippen LogP contribution in [0.4, 0.5) is 5.69 Å². The number of nitrogens with two attached hydrogens (primary N) is 2. The summed E-state index contributed by atoms with van der Waals surface area (Å²) >= 11 is 1.35. The molecule has 4 N–H and O–H groups in total. The lowest BCUT2D eigenvalue weighted by atomic mass is 10.4. The van der Waals surface area contributed by atoms with Crippen LogP contribution in [-0.4, -0.2) is 36.6 Å². The Labute approximate surface area is 110 Å². The number of sulfone groups is 1. The number of amides is 1. The Morgan fingerprint density at radius 2 is 2.11 bits per heavy atom. The van der Waals surface area contributed by atoms with E-state index >= 15 is 0 Å². The first-order valence-electron chi connectivity index (χ1n) is 5.22. The van der Waals surface area contributed by atoms with Crippen LogP contribution in [0.1, 0.15) is 6.42 Å². The highest BCUT2D eigenvalue weighted by molar-refractivity contribution is 8.00. The van der Waals surface area contributed by atoms with Crippen LogP contribution >= 0.6 is 11.8 Å². The van der Waals surface area contributed by atoms with Crippen LogP contribution < -0.4 is 11.5 Å². The third-order valence-electron chi connectivity index (χ3n) is 2.12. The Morgan fingerprint density at radius 3 is 2.72 bits per heavy atom. The predicted molar refractivity (Wildman–Crippen MR) is 71.8 cm³/mol. The summed E-state index contributed by atoms with van der Waals surface area (Å²) in [5.74, 6) is -0.430. The van der Waals surface area contributed by atoms with E-state index < -0.39 is 15.7 Å². The van der Waals surface area contributed by atoms with E-state index in [0.717, 1.165) is 4.90 Å². The minimum Gasteiger partial charge on any atom is -0.397 e. The zero-order chi connectivity index (χ0) is 13.6. The molecule has 0 aromatic carbocycles. The van der Waals surface area contributed by atoms with Gasteiger partial charge in [-0.3, -0.25) is 9.78 Å². The molecule has 0 bridgehead atoms. The van der Waals surface area contributed by atoms with Crippen LogP contribution in [-0.2, 0) is 14.6 Å². The molecule has 0 fully saturated rings. The molecule has 18 heavy (non-hydrogen) atoms. The molecule has 0 unspecified atom stereocenters. The van der Waals surface area contributed by atoms with Gasteiger partial charge >= 0.3 is 0 Å². The predicted octanol–water partition coefficient (Wildman–Crippen LogP) is 0.0461. The first-order chi connectivity index (χ1) is 8.41. The van der Waals surface area contributed by atoms with Crippen molar-refractivity contribution in [2.24, 2.45) is 5.73 Å². The molecule has 1 aromatic heterocycles. The summed E-state index contributed by atoms with van der Waals surface area (Å²) in [7, 11) is -3.24. The molecule has 0 spiro atoms. The number of nitrogen functional groups attached to an aromatic ring is 1. The Balaban J connectivity index is 2.42. The average molecular weight is 289 g/mol. The fourth-order valence-electron chi connectivity index (χ4n) is 1.16. The fourth-order valence-corrected chi connectivity index (χ4v) is 3.82. The molecule has 1 amide bonds. The number of primary amides is 1. The zero-order valence-corrected chi connectivity index (χ0v) is 11.3. The van der Waals surface area contributed by atoms with Crippen LogP contribution in [0.25, 0.3) is 0 Å². The van der Waals surface area contributed by atoms with Crippen LogP contribution in [0.3, 0.4) is 0 Å². The smallest absolute Gasteiger partial charge is 0.218 e. The number of nitrogens with zero attached hydrogens (tertiary/aromatic N) is 1. The number of rotatable bonds is 7. The van der Waals surface area contributed by atoms with E-state index in [0.29, 0.717) is 11.4 Å². The second kappa shape index (κ2) is 6.60. The zero-order valence-electron chi connectivity index (χ0n) is 9.70. The highest BCUT2D eigenvalue weighted by Gasteiger charge is 2.12. The topological polar surface area (TPSA) is 116 Å². The summed E-state index contributed by atoms with van der Waals surface area (Å²) in [5, 5.41) is 0. The van der Waals surface area contributed by atoms with Crippen molar-refractivity contribution in [3.8, 4) is 0 Å². The van der Waals surface area contributed by atoms with Gasteiger partial charge in [0.15, 0.2) is 9.84 Å². The normalized spacial score (nSPS) is 11.3. The Kier molecular flexibility index (Phi) is 5.42. The summed E-state index contributed by atoms with van der Waals surface area (Å²) in [6.07, 6.45) is 2.98. The highest BCUT2D eigenvalue weighted by Crippen LogP contribution is 2.23. The Morgan fingerprint density at radius 1 is 1.39 bits per heavy atom. The van der Waals surface area contributed by atoms with Crippen LogP contribution in [0.15, 0.2) is 23.4 Å². The number of thioether (sulfide) groups is 1. The van der Waals surface area contributed by atoms with Crippen LogP contribution in [0.2, 0.25) is 0 Å². The van der Waals surface area contributed by atoms with E-state index in [1.165, 1.54) is 18.0 Å². The number of aromatic nitrogens is 1. The van der Waals surface area contributed by atoms with Gasteiger partial charge in [0.1, 0.15) is 0 Å². The number of hydrogen-bond donors (Lipinski definition) is 2. The molecular weight excluding hydrogens is 274 g/mol. The molecule has 0 aliphatic carbocycles. The van der Waals surface area contributed by atoms with Gasteiger partial charge in [0, 0.05) is 23.3 Å². The largest absolute Gasteiger partial charge is 0.397 e. The van der Waals surface area contributed by atoms with Gasteiger partial charge in [-0.1, -0.05) is 0 Å². The molecule has 1 rings (SSSR count). The van der Waals surface area contributed by atoms with Crippen molar-refractivity contribution >= 4 is 33.2 Å². The van der Waals surface area contributed by atoms with Crippen molar-refractivity contribution in [3.05, 3.63) is 18.5 Å².